The standard InChI is InChI=1S/C33H35N5O4/c1-21(39)36-17-14-24-19-29-26(20-28(24)36)35-33(41)32(38(29)42-22(2)40)31-25-12-6-7-13-27(25)37(16-9-8-15-34)30(31)18-23-10-4-3-5-11-23/h3-7,10-13,19-20,32H,8-9,14-18,34H2,1-2H3,(H,35,41). The van der Waals surface area contributed by atoms with E-state index in [2.05, 4.69) is 28.1 Å². The molecular formula is C33H35N5O4. The van der Waals surface area contributed by atoms with Crippen LogP contribution in [0.25, 0.3) is 10.9 Å². The molecule has 0 saturated carbocycles. The van der Waals surface area contributed by atoms with Gasteiger partial charge in [0.1, 0.15) is 5.69 Å². The Hall–Kier alpha value is -4.63. The third kappa shape index (κ3) is 4.90. The van der Waals surface area contributed by atoms with Crippen molar-refractivity contribution in [3.8, 4) is 0 Å². The summed E-state index contributed by atoms with van der Waals surface area (Å²) in [6, 6.07) is 21.1. The first kappa shape index (κ1) is 27.5. The molecule has 2 amide bonds. The monoisotopic (exact) mass is 565 g/mol. The number of nitrogens with one attached hydrogen (secondary N) is 1. The fourth-order valence-corrected chi connectivity index (χ4v) is 6.31. The molecule has 0 fully saturated rings. The number of aryl methyl sites for hydroxylation is 1. The maximum absolute atomic E-state index is 14.1. The Morgan fingerprint density at radius 1 is 1.00 bits per heavy atom. The summed E-state index contributed by atoms with van der Waals surface area (Å²) in [7, 11) is 0. The number of anilines is 3. The topological polar surface area (TPSA) is 110 Å². The number of aromatic nitrogens is 1. The van der Waals surface area contributed by atoms with Crippen LogP contribution in [0.3, 0.4) is 0 Å². The van der Waals surface area contributed by atoms with Gasteiger partial charge in [-0.2, -0.15) is 5.06 Å². The first-order valence-corrected chi connectivity index (χ1v) is 14.4. The van der Waals surface area contributed by atoms with E-state index in [4.69, 9.17) is 10.6 Å². The van der Waals surface area contributed by atoms with Gasteiger partial charge >= 0.3 is 5.97 Å². The third-order valence-electron chi connectivity index (χ3n) is 8.12. The molecule has 0 radical (unpaired) electrons. The first-order valence-electron chi connectivity index (χ1n) is 14.4. The molecule has 0 spiro atoms. The largest absolute Gasteiger partial charge is 0.344 e. The zero-order chi connectivity index (χ0) is 29.4. The molecule has 6 rings (SSSR count). The number of nitrogens with two attached hydrogens (primary N) is 1. The minimum absolute atomic E-state index is 0.0569. The van der Waals surface area contributed by atoms with Gasteiger partial charge in [-0.3, -0.25) is 14.4 Å². The van der Waals surface area contributed by atoms with E-state index in [1.807, 2.05) is 48.5 Å². The average Bonchev–Trinajstić information content (AvgIpc) is 3.52. The Morgan fingerprint density at radius 2 is 1.76 bits per heavy atom. The minimum Gasteiger partial charge on any atom is -0.344 e. The number of carbonyl (C=O) groups is 3. The van der Waals surface area contributed by atoms with Gasteiger partial charge in [-0.25, -0.2) is 0 Å². The van der Waals surface area contributed by atoms with Gasteiger partial charge in [0.25, 0.3) is 5.91 Å². The number of benzene rings is 3. The number of hydroxylamine groups is 1. The van der Waals surface area contributed by atoms with E-state index in [-0.39, 0.29) is 11.8 Å². The average molecular weight is 566 g/mol. The summed E-state index contributed by atoms with van der Waals surface area (Å²) in [6.07, 6.45) is 3.04. The van der Waals surface area contributed by atoms with Gasteiger partial charge in [-0.1, -0.05) is 48.5 Å². The van der Waals surface area contributed by atoms with Gasteiger partial charge in [-0.05, 0) is 55.1 Å². The molecule has 9 heteroatoms. The summed E-state index contributed by atoms with van der Waals surface area (Å²) in [5.41, 5.74) is 12.6. The lowest BCUT2D eigenvalue weighted by Gasteiger charge is -2.37. The van der Waals surface area contributed by atoms with Gasteiger partial charge in [-0.15, -0.1) is 0 Å². The van der Waals surface area contributed by atoms with E-state index < -0.39 is 12.0 Å². The zero-order valence-electron chi connectivity index (χ0n) is 23.9. The minimum atomic E-state index is -0.927. The molecule has 0 saturated heterocycles. The Morgan fingerprint density at radius 3 is 2.50 bits per heavy atom. The van der Waals surface area contributed by atoms with Crippen molar-refractivity contribution in [2.24, 2.45) is 5.73 Å². The van der Waals surface area contributed by atoms with Crippen LogP contribution in [0.4, 0.5) is 17.1 Å². The summed E-state index contributed by atoms with van der Waals surface area (Å²) < 4.78 is 2.29. The number of fused-ring (bicyclic) bond motifs is 3. The molecule has 1 atom stereocenters. The number of carbonyl (C=O) groups excluding carboxylic acids is 3. The van der Waals surface area contributed by atoms with Crippen LogP contribution >= 0.6 is 0 Å². The number of nitrogens with zero attached hydrogens (tertiary/aromatic N) is 3. The Labute approximate surface area is 244 Å². The summed E-state index contributed by atoms with van der Waals surface area (Å²) in [4.78, 5) is 46.5. The molecule has 3 N–H and O–H groups in total. The van der Waals surface area contributed by atoms with Crippen LogP contribution in [-0.2, 0) is 38.6 Å². The molecule has 2 aliphatic rings. The number of unbranched alkanes of at least 4 members (excludes halogenated alkanes) is 1. The van der Waals surface area contributed by atoms with Gasteiger partial charge in [0.15, 0.2) is 6.04 Å². The van der Waals surface area contributed by atoms with Gasteiger partial charge in [0, 0.05) is 61.2 Å². The molecule has 2 aliphatic heterocycles. The molecule has 3 heterocycles. The fourth-order valence-electron chi connectivity index (χ4n) is 6.31. The van der Waals surface area contributed by atoms with Crippen molar-refractivity contribution in [3.63, 3.8) is 0 Å². The number of para-hydroxylation sites is 1. The van der Waals surface area contributed by atoms with E-state index >= 15 is 0 Å². The van der Waals surface area contributed by atoms with Gasteiger partial charge in [0.05, 0.1) is 5.69 Å². The van der Waals surface area contributed by atoms with Crippen molar-refractivity contribution in [1.82, 2.24) is 4.57 Å². The third-order valence-corrected chi connectivity index (χ3v) is 8.12. The molecule has 9 nitrogen and oxygen atoms in total. The van der Waals surface area contributed by atoms with Crippen LogP contribution in [0.1, 0.15) is 55.1 Å². The van der Waals surface area contributed by atoms with Crippen molar-refractivity contribution in [2.75, 3.05) is 28.4 Å². The lowest BCUT2D eigenvalue weighted by Crippen LogP contribution is -2.43. The Kier molecular flexibility index (Phi) is 7.43. The lowest BCUT2D eigenvalue weighted by atomic mass is 9.95. The summed E-state index contributed by atoms with van der Waals surface area (Å²) >= 11 is 0. The normalized spacial score (nSPS) is 15.9. The van der Waals surface area contributed by atoms with Gasteiger partial charge in [0.2, 0.25) is 5.91 Å². The summed E-state index contributed by atoms with van der Waals surface area (Å²) in [5, 5.41) is 5.48. The molecule has 216 valence electrons. The molecule has 4 aromatic rings. The molecule has 0 bridgehead atoms. The lowest BCUT2D eigenvalue weighted by molar-refractivity contribution is -0.144. The van der Waals surface area contributed by atoms with E-state index in [0.29, 0.717) is 37.3 Å². The predicted molar refractivity (Wildman–Crippen MR) is 163 cm³/mol. The van der Waals surface area contributed by atoms with E-state index in [1.165, 1.54) is 18.9 Å². The molecule has 3 aromatic carbocycles. The quantitative estimate of drug-likeness (QED) is 0.296. The number of amides is 2. The Balaban J connectivity index is 1.55. The highest BCUT2D eigenvalue weighted by Gasteiger charge is 2.42. The van der Waals surface area contributed by atoms with Crippen LogP contribution in [0.5, 0.6) is 0 Å². The maximum Gasteiger partial charge on any atom is 0.329 e. The van der Waals surface area contributed by atoms with Crippen LogP contribution < -0.4 is 21.0 Å². The maximum atomic E-state index is 14.1. The second-order valence-electron chi connectivity index (χ2n) is 10.9. The van der Waals surface area contributed by atoms with Crippen LogP contribution in [-0.4, -0.2) is 35.4 Å². The highest BCUT2D eigenvalue weighted by atomic mass is 16.7. The van der Waals surface area contributed by atoms with Crippen molar-refractivity contribution in [1.29, 1.82) is 0 Å². The van der Waals surface area contributed by atoms with Crippen molar-refractivity contribution < 1.29 is 19.2 Å². The molecule has 0 aliphatic carbocycles. The molecular weight excluding hydrogens is 530 g/mol. The highest BCUT2D eigenvalue weighted by Crippen LogP contribution is 2.46. The van der Waals surface area contributed by atoms with Crippen LogP contribution in [0.15, 0.2) is 66.7 Å². The van der Waals surface area contributed by atoms with Crippen molar-refractivity contribution in [2.45, 2.75) is 52.1 Å². The SMILES string of the molecule is CC(=O)ON1c2cc3c(cc2NC(=O)C1c1c(Cc2ccccc2)n(CCCCN)c2ccccc12)N(C(C)=O)CC3. The highest BCUT2D eigenvalue weighted by molar-refractivity contribution is 6.08. The number of rotatable bonds is 8. The molecule has 1 aromatic heterocycles. The predicted octanol–water partition coefficient (Wildman–Crippen LogP) is 4.86. The number of hydrogen-bond acceptors (Lipinski definition) is 6. The molecule has 1 unspecified atom stereocenters. The second kappa shape index (κ2) is 11.3. The smallest absolute Gasteiger partial charge is 0.329 e. The summed E-state index contributed by atoms with van der Waals surface area (Å²) in [6.45, 7) is 4.79. The van der Waals surface area contributed by atoms with E-state index in [9.17, 15) is 14.4 Å². The van der Waals surface area contributed by atoms with E-state index in [1.54, 1.807) is 4.90 Å². The van der Waals surface area contributed by atoms with Crippen molar-refractivity contribution in [3.05, 3.63) is 89.1 Å². The van der Waals surface area contributed by atoms with Crippen molar-refractivity contribution >= 4 is 45.7 Å². The van der Waals surface area contributed by atoms with Crippen LogP contribution in [0, 0.1) is 0 Å². The number of hydrogen-bond donors (Lipinski definition) is 2. The second-order valence-corrected chi connectivity index (χ2v) is 10.9. The van der Waals surface area contributed by atoms with Crippen LogP contribution in [0.2, 0.25) is 0 Å². The van der Waals surface area contributed by atoms with E-state index in [0.717, 1.165) is 58.4 Å². The zero-order valence-corrected chi connectivity index (χ0v) is 23.9. The summed E-state index contributed by atoms with van der Waals surface area (Å²) in [5.74, 6) is -0.892. The Bertz CT molecular complexity index is 1680. The molecule has 42 heavy (non-hydrogen) atoms. The fraction of sp³-hybridized carbons (Fsp3) is 0.303. The van der Waals surface area contributed by atoms with Gasteiger partial charge < -0.3 is 25.4 Å². The first-order chi connectivity index (χ1) is 20.4.